The van der Waals surface area contributed by atoms with Crippen molar-refractivity contribution in [3.05, 3.63) is 33.9 Å². The minimum absolute atomic E-state index is 0.00152. The maximum Gasteiger partial charge on any atom is 0.303 e. The molecule has 3 N–H and O–H groups in total. The molecule has 0 aliphatic carbocycles. The maximum atomic E-state index is 10.7. The zero-order valence-electron chi connectivity index (χ0n) is 8.55. The fraction of sp³-hybridized carbons (Fsp3) is 0.300. The molecule has 0 spiro atoms. The molecule has 1 rings (SSSR count). The summed E-state index contributed by atoms with van der Waals surface area (Å²) in [6.07, 6.45) is 0.741. The number of hydrogen-bond acceptors (Lipinski definition) is 4. The first-order valence-corrected chi connectivity index (χ1v) is 4.75. The first kappa shape index (κ1) is 12.0. The molecule has 0 bridgehead atoms. The molecule has 1 aromatic rings. The van der Waals surface area contributed by atoms with Crippen LogP contribution in [0, 0.1) is 10.1 Å². The summed E-state index contributed by atoms with van der Waals surface area (Å²) < 4.78 is 0. The van der Waals surface area contributed by atoms with E-state index in [0.717, 1.165) is 0 Å². The van der Waals surface area contributed by atoms with Gasteiger partial charge in [0.1, 0.15) is 0 Å². The van der Waals surface area contributed by atoms with Gasteiger partial charge in [0.25, 0.3) is 5.69 Å². The van der Waals surface area contributed by atoms with Gasteiger partial charge in [0.2, 0.25) is 0 Å². The van der Waals surface area contributed by atoms with Gasteiger partial charge in [-0.3, -0.25) is 14.9 Å². The number of nitro benzene ring substituents is 1. The molecule has 6 heteroatoms. The van der Waals surface area contributed by atoms with Crippen LogP contribution in [0.1, 0.15) is 18.4 Å². The van der Waals surface area contributed by atoms with Gasteiger partial charge in [0, 0.05) is 23.7 Å². The summed E-state index contributed by atoms with van der Waals surface area (Å²) in [5.74, 6) is -0.905. The van der Waals surface area contributed by atoms with E-state index in [-0.39, 0.29) is 12.1 Å². The Hall–Kier alpha value is -2.11. The molecule has 0 saturated heterocycles. The third-order valence-corrected chi connectivity index (χ3v) is 2.14. The van der Waals surface area contributed by atoms with Crippen molar-refractivity contribution in [2.45, 2.75) is 19.3 Å². The van der Waals surface area contributed by atoms with E-state index in [9.17, 15) is 14.9 Å². The van der Waals surface area contributed by atoms with Crippen LogP contribution in [0.5, 0.6) is 0 Å². The Kier molecular flexibility index (Phi) is 3.82. The molecule has 6 nitrogen and oxygen atoms in total. The van der Waals surface area contributed by atoms with Crippen molar-refractivity contribution in [3.8, 4) is 0 Å². The average molecular weight is 224 g/mol. The number of anilines is 1. The van der Waals surface area contributed by atoms with Gasteiger partial charge in [-0.1, -0.05) is 6.07 Å². The van der Waals surface area contributed by atoms with Crippen LogP contribution in [0.4, 0.5) is 11.4 Å². The molecular weight excluding hydrogens is 212 g/mol. The molecule has 0 heterocycles. The van der Waals surface area contributed by atoms with Crippen molar-refractivity contribution in [2.24, 2.45) is 0 Å². The van der Waals surface area contributed by atoms with E-state index in [2.05, 4.69) is 0 Å². The summed E-state index contributed by atoms with van der Waals surface area (Å²) >= 11 is 0. The van der Waals surface area contributed by atoms with Gasteiger partial charge < -0.3 is 10.8 Å². The van der Waals surface area contributed by atoms with Gasteiger partial charge in [-0.15, -0.1) is 0 Å². The SMILES string of the molecule is Nc1ccc(CCCC(=O)O)c([N+](=O)[O-])c1. The fourth-order valence-corrected chi connectivity index (χ4v) is 1.39. The highest BCUT2D eigenvalue weighted by atomic mass is 16.6. The molecular formula is C10H12N2O4. The first-order chi connectivity index (χ1) is 7.50. The fourth-order valence-electron chi connectivity index (χ4n) is 1.39. The van der Waals surface area contributed by atoms with Crippen molar-refractivity contribution in [1.29, 1.82) is 0 Å². The van der Waals surface area contributed by atoms with Crippen molar-refractivity contribution in [2.75, 3.05) is 5.73 Å². The van der Waals surface area contributed by atoms with Gasteiger partial charge in [-0.05, 0) is 18.9 Å². The lowest BCUT2D eigenvalue weighted by Gasteiger charge is -2.02. The zero-order chi connectivity index (χ0) is 12.1. The molecule has 0 aromatic heterocycles. The van der Waals surface area contributed by atoms with Crippen molar-refractivity contribution >= 4 is 17.3 Å². The Morgan fingerprint density at radius 1 is 1.50 bits per heavy atom. The van der Waals surface area contributed by atoms with E-state index >= 15 is 0 Å². The molecule has 1 aromatic carbocycles. The number of nitro groups is 1. The van der Waals surface area contributed by atoms with Crippen LogP contribution in [0.15, 0.2) is 18.2 Å². The molecule has 0 saturated carbocycles. The van der Waals surface area contributed by atoms with E-state index in [1.807, 2.05) is 0 Å². The Morgan fingerprint density at radius 3 is 2.75 bits per heavy atom. The predicted octanol–water partition coefficient (Wildman–Crippen LogP) is 1.58. The quantitative estimate of drug-likeness (QED) is 0.448. The monoisotopic (exact) mass is 224 g/mol. The number of rotatable bonds is 5. The molecule has 0 unspecified atom stereocenters. The number of hydrogen-bond donors (Lipinski definition) is 2. The molecule has 16 heavy (non-hydrogen) atoms. The van der Waals surface area contributed by atoms with Crippen LogP contribution < -0.4 is 5.73 Å². The number of carboxylic acid groups (broad SMARTS) is 1. The summed E-state index contributed by atoms with van der Waals surface area (Å²) in [4.78, 5) is 20.5. The van der Waals surface area contributed by atoms with Crippen molar-refractivity contribution in [1.82, 2.24) is 0 Å². The van der Waals surface area contributed by atoms with Gasteiger partial charge in [-0.25, -0.2) is 0 Å². The second-order valence-electron chi connectivity index (χ2n) is 3.39. The highest BCUT2D eigenvalue weighted by Gasteiger charge is 2.13. The highest BCUT2D eigenvalue weighted by molar-refractivity contribution is 5.66. The van der Waals surface area contributed by atoms with Crippen LogP contribution in [0.25, 0.3) is 0 Å². The molecule has 0 aliphatic heterocycles. The molecule has 86 valence electrons. The topological polar surface area (TPSA) is 106 Å². The summed E-state index contributed by atoms with van der Waals surface area (Å²) in [5, 5.41) is 19.2. The van der Waals surface area contributed by atoms with E-state index in [4.69, 9.17) is 10.8 Å². The largest absolute Gasteiger partial charge is 0.481 e. The number of benzene rings is 1. The summed E-state index contributed by atoms with van der Waals surface area (Å²) in [5.41, 5.74) is 6.23. The van der Waals surface area contributed by atoms with Gasteiger partial charge in [-0.2, -0.15) is 0 Å². The highest BCUT2D eigenvalue weighted by Crippen LogP contribution is 2.23. The number of nitrogen functional groups attached to an aromatic ring is 1. The van der Waals surface area contributed by atoms with E-state index < -0.39 is 10.9 Å². The third-order valence-electron chi connectivity index (χ3n) is 2.14. The standard InChI is InChI=1S/C10H12N2O4/c11-8-5-4-7(2-1-3-10(13)14)9(6-8)12(15)16/h4-6H,1-3,11H2,(H,13,14). The lowest BCUT2D eigenvalue weighted by atomic mass is 10.1. The predicted molar refractivity (Wildman–Crippen MR) is 58.1 cm³/mol. The third kappa shape index (κ3) is 3.23. The van der Waals surface area contributed by atoms with E-state index in [1.165, 1.54) is 6.07 Å². The summed E-state index contributed by atoms with van der Waals surface area (Å²) in [7, 11) is 0. The van der Waals surface area contributed by atoms with Crippen LogP contribution in [-0.2, 0) is 11.2 Å². The molecule has 0 aliphatic rings. The Labute approximate surface area is 91.8 Å². The minimum atomic E-state index is -0.905. The van der Waals surface area contributed by atoms with Gasteiger partial charge in [0.15, 0.2) is 0 Å². The number of aliphatic carboxylic acids is 1. The van der Waals surface area contributed by atoms with E-state index in [0.29, 0.717) is 24.1 Å². The second-order valence-corrected chi connectivity index (χ2v) is 3.39. The smallest absolute Gasteiger partial charge is 0.303 e. The van der Waals surface area contributed by atoms with E-state index in [1.54, 1.807) is 12.1 Å². The van der Waals surface area contributed by atoms with Crippen molar-refractivity contribution < 1.29 is 14.8 Å². The normalized spacial score (nSPS) is 10.0. The van der Waals surface area contributed by atoms with Crippen LogP contribution in [0.2, 0.25) is 0 Å². The minimum Gasteiger partial charge on any atom is -0.481 e. The Morgan fingerprint density at radius 2 is 2.19 bits per heavy atom. The number of nitrogens with zero attached hydrogens (tertiary/aromatic N) is 1. The molecule has 0 fully saturated rings. The number of carboxylic acids is 1. The van der Waals surface area contributed by atoms with Crippen molar-refractivity contribution in [3.63, 3.8) is 0 Å². The molecule has 0 amide bonds. The summed E-state index contributed by atoms with van der Waals surface area (Å²) in [6.45, 7) is 0. The lowest BCUT2D eigenvalue weighted by Crippen LogP contribution is -2.00. The average Bonchev–Trinajstić information content (AvgIpc) is 2.19. The zero-order valence-corrected chi connectivity index (χ0v) is 8.55. The first-order valence-electron chi connectivity index (χ1n) is 4.75. The Balaban J connectivity index is 2.78. The second kappa shape index (κ2) is 5.11. The molecule has 0 atom stereocenters. The number of nitrogens with two attached hydrogens (primary N) is 1. The Bertz CT molecular complexity index is 417. The number of aryl methyl sites for hydroxylation is 1. The number of carbonyl (C=O) groups is 1. The maximum absolute atomic E-state index is 10.7. The lowest BCUT2D eigenvalue weighted by molar-refractivity contribution is -0.385. The van der Waals surface area contributed by atoms with Crippen LogP contribution in [0.3, 0.4) is 0 Å². The van der Waals surface area contributed by atoms with Gasteiger partial charge in [0.05, 0.1) is 4.92 Å². The van der Waals surface area contributed by atoms with Crippen LogP contribution in [-0.4, -0.2) is 16.0 Å². The molecule has 0 radical (unpaired) electrons. The van der Waals surface area contributed by atoms with Crippen LogP contribution >= 0.6 is 0 Å². The summed E-state index contributed by atoms with van der Waals surface area (Å²) in [6, 6.07) is 4.43. The van der Waals surface area contributed by atoms with Gasteiger partial charge >= 0.3 is 5.97 Å².